The molecular formula is C26H19NO. The summed E-state index contributed by atoms with van der Waals surface area (Å²) in [6.07, 6.45) is 1.90. The van der Waals surface area contributed by atoms with Crippen molar-refractivity contribution in [2.45, 2.75) is 6.61 Å². The first-order valence-corrected chi connectivity index (χ1v) is 9.21. The highest BCUT2D eigenvalue weighted by Gasteiger charge is 2.08. The second-order valence-corrected chi connectivity index (χ2v) is 6.51. The fourth-order valence-corrected chi connectivity index (χ4v) is 3.25. The minimum absolute atomic E-state index is 0.488. The molecule has 0 aromatic heterocycles. The van der Waals surface area contributed by atoms with Gasteiger partial charge < -0.3 is 4.74 Å². The molecule has 2 nitrogen and oxygen atoms in total. The van der Waals surface area contributed by atoms with Crippen molar-refractivity contribution in [1.29, 1.82) is 5.26 Å². The summed E-state index contributed by atoms with van der Waals surface area (Å²) in [5, 5.41) is 12.0. The summed E-state index contributed by atoms with van der Waals surface area (Å²) >= 11 is 0. The van der Waals surface area contributed by atoms with Crippen molar-refractivity contribution in [2.75, 3.05) is 0 Å². The third-order valence-corrected chi connectivity index (χ3v) is 4.66. The van der Waals surface area contributed by atoms with Crippen LogP contribution in [0.4, 0.5) is 0 Å². The maximum Gasteiger partial charge on any atom is 0.127 e. The van der Waals surface area contributed by atoms with Crippen LogP contribution in [-0.2, 0) is 6.61 Å². The molecule has 0 atom stereocenters. The highest BCUT2D eigenvalue weighted by atomic mass is 16.5. The Morgan fingerprint density at radius 1 is 0.786 bits per heavy atom. The summed E-state index contributed by atoms with van der Waals surface area (Å²) in [4.78, 5) is 0. The Morgan fingerprint density at radius 2 is 1.50 bits per heavy atom. The van der Waals surface area contributed by atoms with Crippen molar-refractivity contribution < 1.29 is 4.74 Å². The molecule has 0 aliphatic rings. The molecule has 28 heavy (non-hydrogen) atoms. The van der Waals surface area contributed by atoms with Crippen LogP contribution in [0.1, 0.15) is 16.7 Å². The molecular weight excluding hydrogens is 342 g/mol. The lowest BCUT2D eigenvalue weighted by molar-refractivity contribution is 0.305. The predicted molar refractivity (Wildman–Crippen MR) is 115 cm³/mol. The van der Waals surface area contributed by atoms with E-state index >= 15 is 0 Å². The first-order valence-electron chi connectivity index (χ1n) is 9.21. The monoisotopic (exact) mass is 361 g/mol. The minimum Gasteiger partial charge on any atom is -0.488 e. The largest absolute Gasteiger partial charge is 0.488 e. The van der Waals surface area contributed by atoms with Crippen molar-refractivity contribution in [3.63, 3.8) is 0 Å². The van der Waals surface area contributed by atoms with E-state index < -0.39 is 0 Å². The van der Waals surface area contributed by atoms with Crippen molar-refractivity contribution >= 4 is 22.4 Å². The zero-order valence-electron chi connectivity index (χ0n) is 15.4. The maximum atomic E-state index is 9.84. The molecule has 0 saturated heterocycles. The van der Waals surface area contributed by atoms with Gasteiger partial charge in [-0.1, -0.05) is 91.0 Å². The normalized spacial score (nSPS) is 11.2. The number of para-hydroxylation sites is 1. The SMILES string of the molecule is N#C/C(=C/c1ccccc1OCc1ccccc1)c1cccc2ccccc12. The molecule has 4 rings (SSSR count). The van der Waals surface area contributed by atoms with Gasteiger partial charge in [0.05, 0.1) is 11.6 Å². The molecule has 0 bridgehead atoms. The van der Waals surface area contributed by atoms with Gasteiger partial charge in [0, 0.05) is 11.1 Å². The molecule has 134 valence electrons. The molecule has 0 spiro atoms. The summed E-state index contributed by atoms with van der Waals surface area (Å²) in [6, 6.07) is 34.4. The number of hydrogen-bond acceptors (Lipinski definition) is 2. The standard InChI is InChI=1S/C26H19NO/c27-18-23(25-15-8-13-21-11-4-6-14-24(21)25)17-22-12-5-7-16-26(22)28-19-20-9-2-1-3-10-20/h1-17H,19H2/b23-17-. The van der Waals surface area contributed by atoms with Crippen molar-refractivity contribution in [2.24, 2.45) is 0 Å². The van der Waals surface area contributed by atoms with Gasteiger partial charge in [-0.3, -0.25) is 0 Å². The van der Waals surface area contributed by atoms with Crippen LogP contribution >= 0.6 is 0 Å². The van der Waals surface area contributed by atoms with Crippen LogP contribution in [-0.4, -0.2) is 0 Å². The molecule has 0 amide bonds. The van der Waals surface area contributed by atoms with E-state index in [1.807, 2.05) is 91.0 Å². The Bertz CT molecular complexity index is 1160. The number of allylic oxidation sites excluding steroid dienone is 1. The number of fused-ring (bicyclic) bond motifs is 1. The van der Waals surface area contributed by atoms with E-state index in [0.717, 1.165) is 33.2 Å². The second-order valence-electron chi connectivity index (χ2n) is 6.51. The van der Waals surface area contributed by atoms with E-state index in [4.69, 9.17) is 4.74 Å². The van der Waals surface area contributed by atoms with E-state index in [1.165, 1.54) is 0 Å². The number of nitriles is 1. The Balaban J connectivity index is 1.70. The topological polar surface area (TPSA) is 33.0 Å². The fraction of sp³-hybridized carbons (Fsp3) is 0.0385. The van der Waals surface area contributed by atoms with Gasteiger partial charge in [-0.15, -0.1) is 0 Å². The molecule has 0 radical (unpaired) electrons. The summed E-state index contributed by atoms with van der Waals surface area (Å²) in [5.41, 5.74) is 3.55. The molecule has 0 fully saturated rings. The first kappa shape index (κ1) is 17.6. The summed E-state index contributed by atoms with van der Waals surface area (Å²) in [7, 11) is 0. The lowest BCUT2D eigenvalue weighted by Crippen LogP contribution is -1.96. The predicted octanol–water partition coefficient (Wildman–Crippen LogP) is 6.48. The quantitative estimate of drug-likeness (QED) is 0.301. The Morgan fingerprint density at radius 3 is 2.36 bits per heavy atom. The first-order chi connectivity index (χ1) is 13.8. The van der Waals surface area contributed by atoms with Gasteiger partial charge in [0.15, 0.2) is 0 Å². The van der Waals surface area contributed by atoms with Crippen LogP contribution in [0.3, 0.4) is 0 Å². The van der Waals surface area contributed by atoms with E-state index in [-0.39, 0.29) is 0 Å². The minimum atomic E-state index is 0.488. The Hall–Kier alpha value is -3.83. The van der Waals surface area contributed by atoms with Crippen LogP contribution in [0, 0.1) is 11.3 Å². The van der Waals surface area contributed by atoms with Gasteiger partial charge in [0.25, 0.3) is 0 Å². The Labute approximate surface area is 165 Å². The van der Waals surface area contributed by atoms with Gasteiger partial charge in [-0.25, -0.2) is 0 Å². The fourth-order valence-electron chi connectivity index (χ4n) is 3.25. The number of ether oxygens (including phenoxy) is 1. The third-order valence-electron chi connectivity index (χ3n) is 4.66. The van der Waals surface area contributed by atoms with Crippen LogP contribution < -0.4 is 4.74 Å². The van der Waals surface area contributed by atoms with Gasteiger partial charge in [-0.2, -0.15) is 5.26 Å². The summed E-state index contributed by atoms with van der Waals surface area (Å²) < 4.78 is 6.04. The molecule has 4 aromatic carbocycles. The van der Waals surface area contributed by atoms with E-state index in [2.05, 4.69) is 18.2 Å². The smallest absolute Gasteiger partial charge is 0.127 e. The van der Waals surface area contributed by atoms with Gasteiger partial charge in [0.1, 0.15) is 12.4 Å². The van der Waals surface area contributed by atoms with E-state index in [1.54, 1.807) is 0 Å². The average molecular weight is 361 g/mol. The van der Waals surface area contributed by atoms with Gasteiger partial charge >= 0.3 is 0 Å². The van der Waals surface area contributed by atoms with E-state index in [0.29, 0.717) is 12.2 Å². The molecule has 2 heteroatoms. The lowest BCUT2D eigenvalue weighted by atomic mass is 9.97. The van der Waals surface area contributed by atoms with Crippen molar-refractivity contribution in [3.05, 3.63) is 114 Å². The molecule has 0 saturated carbocycles. The number of nitrogens with zero attached hydrogens (tertiary/aromatic N) is 1. The molecule has 0 unspecified atom stereocenters. The molecule has 4 aromatic rings. The molecule has 0 heterocycles. The second kappa shape index (κ2) is 8.24. The zero-order chi connectivity index (χ0) is 19.2. The van der Waals surface area contributed by atoms with E-state index in [9.17, 15) is 5.26 Å². The highest BCUT2D eigenvalue weighted by Crippen LogP contribution is 2.29. The van der Waals surface area contributed by atoms with Crippen LogP contribution in [0.2, 0.25) is 0 Å². The summed E-state index contributed by atoms with van der Waals surface area (Å²) in [5.74, 6) is 0.763. The van der Waals surface area contributed by atoms with Crippen LogP contribution in [0.15, 0.2) is 97.1 Å². The number of hydrogen-bond donors (Lipinski definition) is 0. The molecule has 0 N–H and O–H groups in total. The van der Waals surface area contributed by atoms with Crippen LogP contribution in [0.5, 0.6) is 5.75 Å². The van der Waals surface area contributed by atoms with Crippen molar-refractivity contribution in [1.82, 2.24) is 0 Å². The maximum absolute atomic E-state index is 9.84. The highest BCUT2D eigenvalue weighted by molar-refractivity contribution is 6.02. The van der Waals surface area contributed by atoms with Crippen molar-refractivity contribution in [3.8, 4) is 11.8 Å². The van der Waals surface area contributed by atoms with Gasteiger partial charge in [-0.05, 0) is 28.5 Å². The number of rotatable bonds is 5. The third kappa shape index (κ3) is 3.79. The summed E-state index contributed by atoms with van der Waals surface area (Å²) in [6.45, 7) is 0.488. The molecule has 0 aliphatic carbocycles. The molecule has 0 aliphatic heterocycles. The number of benzene rings is 4. The van der Waals surface area contributed by atoms with Gasteiger partial charge in [0.2, 0.25) is 0 Å². The van der Waals surface area contributed by atoms with Crippen LogP contribution in [0.25, 0.3) is 22.4 Å². The Kier molecular flexibility index (Phi) is 5.17. The lowest BCUT2D eigenvalue weighted by Gasteiger charge is -2.10. The average Bonchev–Trinajstić information content (AvgIpc) is 2.77. The zero-order valence-corrected chi connectivity index (χ0v) is 15.4.